The van der Waals surface area contributed by atoms with Crippen LogP contribution in [0.15, 0.2) is 30.3 Å². The molecule has 2 aromatic carbocycles. The minimum atomic E-state index is -5.08. The molecule has 0 radical (unpaired) electrons. The molecule has 0 saturated carbocycles. The molecular formula is C31H38F6N2O7. The standard InChI is InChI=1S/C31H38F6N2O7/c1-5-45-29(42)39-19(2)12-24(23-16-26(43-3)27(17-25(23)39)46-11-9-7-6-8-10-40)38(28(41)44-4)18-20-13-21(30(32,33)34)15-22(14-20)31(35,36)37/h13-17,19,24,40H,5-12,18H2,1-4H3/t19-,24+/m1/s1. The van der Waals surface area contributed by atoms with Crippen molar-refractivity contribution in [1.29, 1.82) is 0 Å². The monoisotopic (exact) mass is 664 g/mol. The van der Waals surface area contributed by atoms with E-state index >= 15 is 0 Å². The molecular weight excluding hydrogens is 626 g/mol. The average molecular weight is 665 g/mol. The van der Waals surface area contributed by atoms with Gasteiger partial charge in [-0.25, -0.2) is 9.59 Å². The molecule has 0 bridgehead atoms. The SMILES string of the molecule is CCOC(=O)N1c2cc(OCCCCCCO)c(OC)cc2[C@@H](N(Cc2cc(C(F)(F)F)cc(C(F)(F)F)c2)C(=O)OC)C[C@H]1C. The largest absolute Gasteiger partial charge is 0.493 e. The van der Waals surface area contributed by atoms with Crippen LogP contribution >= 0.6 is 0 Å². The zero-order valence-corrected chi connectivity index (χ0v) is 26.0. The lowest BCUT2D eigenvalue weighted by Gasteiger charge is -2.42. The van der Waals surface area contributed by atoms with Gasteiger partial charge in [-0.2, -0.15) is 26.3 Å². The lowest BCUT2D eigenvalue weighted by molar-refractivity contribution is -0.143. The Bertz CT molecular complexity index is 1320. The van der Waals surface area contributed by atoms with Crippen LogP contribution in [0.25, 0.3) is 0 Å². The second kappa shape index (κ2) is 15.6. The predicted molar refractivity (Wildman–Crippen MR) is 155 cm³/mol. The van der Waals surface area contributed by atoms with Crippen molar-refractivity contribution in [3.05, 3.63) is 52.6 Å². The molecule has 0 aromatic heterocycles. The summed E-state index contributed by atoms with van der Waals surface area (Å²) in [6, 6.07) is 2.55. The van der Waals surface area contributed by atoms with E-state index in [0.717, 1.165) is 24.9 Å². The first-order valence-electron chi connectivity index (χ1n) is 14.7. The van der Waals surface area contributed by atoms with Crippen LogP contribution in [0, 0.1) is 0 Å². The number of carbonyl (C=O) groups is 2. The number of benzene rings is 2. The van der Waals surface area contributed by atoms with E-state index < -0.39 is 59.9 Å². The van der Waals surface area contributed by atoms with Gasteiger partial charge < -0.3 is 24.1 Å². The van der Waals surface area contributed by atoms with Gasteiger partial charge in [-0.05, 0) is 69.4 Å². The van der Waals surface area contributed by atoms with Crippen LogP contribution in [0.2, 0.25) is 0 Å². The van der Waals surface area contributed by atoms with Crippen molar-refractivity contribution in [2.45, 2.75) is 76.9 Å². The quantitative estimate of drug-likeness (QED) is 0.183. The number of hydrogen-bond acceptors (Lipinski definition) is 7. The number of ether oxygens (including phenoxy) is 4. The van der Waals surface area contributed by atoms with Crippen molar-refractivity contribution in [2.75, 3.05) is 38.9 Å². The van der Waals surface area contributed by atoms with E-state index in [2.05, 4.69) is 0 Å². The maximum Gasteiger partial charge on any atom is 0.416 e. The summed E-state index contributed by atoms with van der Waals surface area (Å²) in [7, 11) is 2.41. The summed E-state index contributed by atoms with van der Waals surface area (Å²) in [5.74, 6) is 0.489. The van der Waals surface area contributed by atoms with Gasteiger partial charge in [0, 0.05) is 30.8 Å². The average Bonchev–Trinajstić information content (AvgIpc) is 2.99. The van der Waals surface area contributed by atoms with E-state index in [1.165, 1.54) is 24.1 Å². The van der Waals surface area contributed by atoms with Gasteiger partial charge >= 0.3 is 24.5 Å². The minimum Gasteiger partial charge on any atom is -0.493 e. The number of hydrogen-bond donors (Lipinski definition) is 1. The molecule has 3 rings (SSSR count). The molecule has 1 aliphatic rings. The second-order valence-corrected chi connectivity index (χ2v) is 10.7. The Balaban J connectivity index is 2.13. The zero-order chi connectivity index (χ0) is 34.2. The third kappa shape index (κ3) is 8.89. The van der Waals surface area contributed by atoms with Crippen LogP contribution in [0.5, 0.6) is 11.5 Å². The molecule has 256 valence electrons. The van der Waals surface area contributed by atoms with Crippen molar-refractivity contribution in [1.82, 2.24) is 4.90 Å². The highest BCUT2D eigenvalue weighted by molar-refractivity contribution is 5.91. The molecule has 9 nitrogen and oxygen atoms in total. The maximum absolute atomic E-state index is 13.6. The number of fused-ring (bicyclic) bond motifs is 1. The fraction of sp³-hybridized carbons (Fsp3) is 0.548. The summed E-state index contributed by atoms with van der Waals surface area (Å²) in [5.41, 5.74) is -2.90. The Hall–Kier alpha value is -3.88. The molecule has 46 heavy (non-hydrogen) atoms. The van der Waals surface area contributed by atoms with Crippen LogP contribution in [0.1, 0.15) is 74.2 Å². The van der Waals surface area contributed by atoms with Crippen LogP contribution in [-0.4, -0.2) is 62.3 Å². The third-order valence-electron chi connectivity index (χ3n) is 7.50. The second-order valence-electron chi connectivity index (χ2n) is 10.7. The van der Waals surface area contributed by atoms with E-state index in [9.17, 15) is 35.9 Å². The van der Waals surface area contributed by atoms with E-state index in [1.54, 1.807) is 13.8 Å². The summed E-state index contributed by atoms with van der Waals surface area (Å²) in [6.07, 6.45) is -8.94. The minimum absolute atomic E-state index is 0.0141. The predicted octanol–water partition coefficient (Wildman–Crippen LogP) is 7.73. The van der Waals surface area contributed by atoms with E-state index in [4.69, 9.17) is 24.1 Å². The number of unbranched alkanes of at least 4 members (excludes halogenated alkanes) is 3. The van der Waals surface area contributed by atoms with E-state index in [0.29, 0.717) is 30.5 Å². The van der Waals surface area contributed by atoms with Crippen LogP contribution in [0.4, 0.5) is 41.6 Å². The molecule has 0 spiro atoms. The van der Waals surface area contributed by atoms with Gasteiger partial charge in [0.15, 0.2) is 11.5 Å². The van der Waals surface area contributed by atoms with Gasteiger partial charge in [-0.1, -0.05) is 6.42 Å². The fourth-order valence-corrected chi connectivity index (χ4v) is 5.35. The number of alkyl halides is 6. The number of amides is 2. The molecule has 1 N–H and O–H groups in total. The molecule has 2 atom stereocenters. The van der Waals surface area contributed by atoms with Crippen LogP contribution in [-0.2, 0) is 28.4 Å². The third-order valence-corrected chi connectivity index (χ3v) is 7.50. The first kappa shape index (κ1) is 36.6. The smallest absolute Gasteiger partial charge is 0.416 e. The van der Waals surface area contributed by atoms with Crippen molar-refractivity contribution < 1.29 is 60.0 Å². The zero-order valence-electron chi connectivity index (χ0n) is 26.0. The number of aliphatic hydroxyl groups is 1. The van der Waals surface area contributed by atoms with E-state index in [1.807, 2.05) is 0 Å². The Morgan fingerprint density at radius 3 is 2.11 bits per heavy atom. The molecule has 2 aromatic rings. The summed E-state index contributed by atoms with van der Waals surface area (Å²) < 4.78 is 103. The molecule has 0 aliphatic carbocycles. The highest BCUT2D eigenvalue weighted by Crippen LogP contribution is 2.47. The molecule has 15 heteroatoms. The van der Waals surface area contributed by atoms with E-state index in [-0.39, 0.29) is 49.5 Å². The Morgan fingerprint density at radius 1 is 0.935 bits per heavy atom. The van der Waals surface area contributed by atoms with Gasteiger partial charge in [0.05, 0.1) is 50.3 Å². The number of rotatable bonds is 12. The van der Waals surface area contributed by atoms with Gasteiger partial charge in [-0.15, -0.1) is 0 Å². The number of anilines is 1. The summed E-state index contributed by atoms with van der Waals surface area (Å²) in [5, 5.41) is 8.98. The number of aliphatic hydroxyl groups excluding tert-OH is 1. The molecule has 0 saturated heterocycles. The Labute approximate surface area is 263 Å². The molecule has 0 unspecified atom stereocenters. The molecule has 1 heterocycles. The van der Waals surface area contributed by atoms with Crippen molar-refractivity contribution in [2.24, 2.45) is 0 Å². The van der Waals surface area contributed by atoms with Crippen molar-refractivity contribution in [3.63, 3.8) is 0 Å². The topological polar surface area (TPSA) is 97.8 Å². The first-order chi connectivity index (χ1) is 21.7. The number of halogens is 6. The highest BCUT2D eigenvalue weighted by atomic mass is 19.4. The Morgan fingerprint density at radius 2 is 1.57 bits per heavy atom. The molecule has 0 fully saturated rings. The normalized spacial score (nSPS) is 16.5. The fourth-order valence-electron chi connectivity index (χ4n) is 5.35. The van der Waals surface area contributed by atoms with Crippen molar-refractivity contribution in [3.8, 4) is 11.5 Å². The lowest BCUT2D eigenvalue weighted by atomic mass is 9.90. The van der Waals surface area contributed by atoms with Crippen LogP contribution < -0.4 is 14.4 Å². The van der Waals surface area contributed by atoms with Crippen molar-refractivity contribution >= 4 is 17.9 Å². The van der Waals surface area contributed by atoms with Gasteiger partial charge in [0.2, 0.25) is 0 Å². The number of nitrogens with zero attached hydrogens (tertiary/aromatic N) is 2. The summed E-state index contributed by atoms with van der Waals surface area (Å²) in [4.78, 5) is 28.7. The molecule has 2 amide bonds. The lowest BCUT2D eigenvalue weighted by Crippen LogP contribution is -2.47. The first-order valence-corrected chi connectivity index (χ1v) is 14.7. The molecule has 1 aliphatic heterocycles. The van der Waals surface area contributed by atoms with Gasteiger partial charge in [0.1, 0.15) is 0 Å². The number of methoxy groups -OCH3 is 2. The highest BCUT2D eigenvalue weighted by Gasteiger charge is 2.42. The summed E-state index contributed by atoms with van der Waals surface area (Å²) >= 11 is 0. The van der Waals surface area contributed by atoms with Gasteiger partial charge in [-0.3, -0.25) is 9.80 Å². The van der Waals surface area contributed by atoms with Crippen LogP contribution in [0.3, 0.4) is 0 Å². The number of carbonyl (C=O) groups excluding carboxylic acids is 2. The Kier molecular flexibility index (Phi) is 12.4. The maximum atomic E-state index is 13.6. The summed E-state index contributed by atoms with van der Waals surface area (Å²) in [6.45, 7) is 3.04. The van der Waals surface area contributed by atoms with Gasteiger partial charge in [0.25, 0.3) is 0 Å².